The molecule has 3 rings (SSSR count). The maximum atomic E-state index is 13.9. The first-order valence-corrected chi connectivity index (χ1v) is 8.97. The van der Waals surface area contributed by atoms with Gasteiger partial charge in [-0.2, -0.15) is 13.2 Å². The fourth-order valence-corrected chi connectivity index (χ4v) is 3.31. The number of rotatable bonds is 4. The van der Waals surface area contributed by atoms with Crippen LogP contribution in [-0.4, -0.2) is 47.5 Å². The Kier molecular flexibility index (Phi) is 5.81. The number of alkyl halides is 3. The second-order valence-corrected chi connectivity index (χ2v) is 6.70. The Morgan fingerprint density at radius 2 is 1.63 bits per heavy atom. The van der Waals surface area contributed by atoms with Crippen molar-refractivity contribution in [2.45, 2.75) is 12.7 Å². The van der Waals surface area contributed by atoms with E-state index in [2.05, 4.69) is 0 Å². The summed E-state index contributed by atoms with van der Waals surface area (Å²) in [6, 6.07) is 7.37. The maximum Gasteiger partial charge on any atom is 0.431 e. The van der Waals surface area contributed by atoms with Crippen molar-refractivity contribution in [3.8, 4) is 0 Å². The zero-order chi connectivity index (χ0) is 22.1. The molecule has 2 amide bonds. The quantitative estimate of drug-likeness (QED) is 0.750. The second-order valence-electron chi connectivity index (χ2n) is 6.70. The minimum Gasteiger partial charge on any atom is -0.366 e. The number of carbonyl (C=O) groups excluding carboxylic acids is 2. The number of aromatic nitrogens is 1. The van der Waals surface area contributed by atoms with Crippen LogP contribution >= 0.6 is 0 Å². The van der Waals surface area contributed by atoms with Crippen molar-refractivity contribution in [1.29, 1.82) is 0 Å². The van der Waals surface area contributed by atoms with E-state index in [1.54, 1.807) is 23.1 Å². The van der Waals surface area contributed by atoms with Gasteiger partial charge in [0.25, 0.3) is 11.5 Å². The van der Waals surface area contributed by atoms with Gasteiger partial charge in [0.15, 0.2) is 0 Å². The molecule has 2 aromatic rings. The number of hydrogen-bond acceptors (Lipinski definition) is 4. The van der Waals surface area contributed by atoms with Gasteiger partial charge < -0.3 is 15.5 Å². The zero-order valence-corrected chi connectivity index (χ0v) is 15.7. The molecule has 1 fully saturated rings. The van der Waals surface area contributed by atoms with Crippen LogP contribution in [0, 0.1) is 5.82 Å². The van der Waals surface area contributed by atoms with Gasteiger partial charge >= 0.3 is 6.18 Å². The molecule has 2 N–H and O–H groups in total. The summed E-state index contributed by atoms with van der Waals surface area (Å²) in [7, 11) is 0. The normalized spacial score (nSPS) is 14.7. The second kappa shape index (κ2) is 8.17. The van der Waals surface area contributed by atoms with E-state index in [9.17, 15) is 31.9 Å². The fourth-order valence-electron chi connectivity index (χ4n) is 3.31. The molecule has 0 unspecified atom stereocenters. The molecule has 1 saturated heterocycles. The lowest BCUT2D eigenvalue weighted by Crippen LogP contribution is -2.50. The van der Waals surface area contributed by atoms with Crippen molar-refractivity contribution in [2.24, 2.45) is 5.73 Å². The fraction of sp³-hybridized carbons (Fsp3) is 0.316. The van der Waals surface area contributed by atoms with Crippen LogP contribution in [0.15, 0.2) is 41.2 Å². The molecule has 1 aromatic carbocycles. The number of anilines is 1. The molecule has 1 aliphatic heterocycles. The summed E-state index contributed by atoms with van der Waals surface area (Å²) < 4.78 is 54.0. The van der Waals surface area contributed by atoms with Crippen molar-refractivity contribution in [2.75, 3.05) is 31.1 Å². The van der Waals surface area contributed by atoms with E-state index in [1.807, 2.05) is 0 Å². The Bertz CT molecular complexity index is 1030. The third-order valence-electron chi connectivity index (χ3n) is 4.85. The number of primary amides is 1. The van der Waals surface area contributed by atoms with E-state index >= 15 is 0 Å². The third-order valence-corrected chi connectivity index (χ3v) is 4.85. The lowest BCUT2D eigenvalue weighted by Gasteiger charge is -2.36. The van der Waals surface area contributed by atoms with Gasteiger partial charge in [0.1, 0.15) is 23.6 Å². The van der Waals surface area contributed by atoms with Crippen molar-refractivity contribution < 1.29 is 27.2 Å². The molecule has 0 radical (unpaired) electrons. The molecule has 2 heterocycles. The van der Waals surface area contributed by atoms with Crippen LogP contribution in [0.1, 0.15) is 16.1 Å². The Labute approximate surface area is 168 Å². The Morgan fingerprint density at radius 3 is 2.20 bits per heavy atom. The molecule has 11 heteroatoms. The maximum absolute atomic E-state index is 13.9. The average Bonchev–Trinajstić information content (AvgIpc) is 2.68. The topological polar surface area (TPSA) is 88.6 Å². The van der Waals surface area contributed by atoms with Crippen LogP contribution in [0.5, 0.6) is 0 Å². The molecule has 0 spiro atoms. The van der Waals surface area contributed by atoms with Gasteiger partial charge in [-0.25, -0.2) is 4.39 Å². The minimum atomic E-state index is -4.90. The van der Waals surface area contributed by atoms with Crippen LogP contribution in [0.25, 0.3) is 0 Å². The largest absolute Gasteiger partial charge is 0.431 e. The highest BCUT2D eigenvalue weighted by Crippen LogP contribution is 2.28. The van der Waals surface area contributed by atoms with E-state index in [1.165, 1.54) is 11.0 Å². The average molecular weight is 426 g/mol. The molecule has 0 atom stereocenters. The molecule has 0 bridgehead atoms. The summed E-state index contributed by atoms with van der Waals surface area (Å²) in [6.07, 6.45) is -4.90. The standard InChI is InChI=1S/C19H18F4N4O3/c20-13-3-1-2-4-14(13)25-7-9-26(10-8-25)16(28)11-27-15(19(21,22)23)6-5-12(17(24)29)18(27)30/h1-6H,7-11H2,(H2,24,29). The number of amides is 2. The number of carbonyl (C=O) groups is 2. The summed E-state index contributed by atoms with van der Waals surface area (Å²) in [5, 5.41) is 0. The first-order valence-electron chi connectivity index (χ1n) is 8.97. The van der Waals surface area contributed by atoms with Gasteiger partial charge in [-0.15, -0.1) is 0 Å². The Morgan fingerprint density at radius 1 is 1.00 bits per heavy atom. The zero-order valence-electron chi connectivity index (χ0n) is 15.7. The molecule has 30 heavy (non-hydrogen) atoms. The SMILES string of the molecule is NC(=O)c1ccc(C(F)(F)F)n(CC(=O)N2CCN(c3ccccc3F)CC2)c1=O. The summed E-state index contributed by atoms with van der Waals surface area (Å²) >= 11 is 0. The minimum absolute atomic E-state index is 0.138. The number of benzene rings is 1. The number of hydrogen-bond donors (Lipinski definition) is 1. The van der Waals surface area contributed by atoms with E-state index in [-0.39, 0.29) is 30.7 Å². The van der Waals surface area contributed by atoms with E-state index in [0.29, 0.717) is 17.8 Å². The van der Waals surface area contributed by atoms with Crippen molar-refractivity contribution in [1.82, 2.24) is 9.47 Å². The van der Waals surface area contributed by atoms with Gasteiger partial charge in [0.2, 0.25) is 5.91 Å². The van der Waals surface area contributed by atoms with Crippen molar-refractivity contribution in [3.63, 3.8) is 0 Å². The number of nitrogens with two attached hydrogens (primary N) is 1. The van der Waals surface area contributed by atoms with Crippen LogP contribution in [0.2, 0.25) is 0 Å². The highest BCUT2D eigenvalue weighted by atomic mass is 19.4. The molecular weight excluding hydrogens is 408 g/mol. The van der Waals surface area contributed by atoms with E-state index in [4.69, 9.17) is 5.73 Å². The number of halogens is 4. The van der Waals surface area contributed by atoms with Gasteiger partial charge in [-0.1, -0.05) is 12.1 Å². The predicted octanol–water partition coefficient (Wildman–Crippen LogP) is 1.45. The Balaban J connectivity index is 1.78. The highest BCUT2D eigenvalue weighted by Gasteiger charge is 2.36. The van der Waals surface area contributed by atoms with Crippen LogP contribution < -0.4 is 16.2 Å². The number of para-hydroxylation sites is 1. The predicted molar refractivity (Wildman–Crippen MR) is 99.4 cm³/mol. The summed E-state index contributed by atoms with van der Waals surface area (Å²) in [5.74, 6) is -2.33. The van der Waals surface area contributed by atoms with Crippen molar-refractivity contribution >= 4 is 17.5 Å². The summed E-state index contributed by atoms with van der Waals surface area (Å²) in [4.78, 5) is 39.2. The van der Waals surface area contributed by atoms with E-state index in [0.717, 1.165) is 0 Å². The first-order chi connectivity index (χ1) is 14.1. The molecule has 1 aromatic heterocycles. The molecular formula is C19H18F4N4O3. The van der Waals surface area contributed by atoms with E-state index < -0.39 is 47.2 Å². The number of nitrogens with zero attached hydrogens (tertiary/aromatic N) is 3. The number of pyridine rings is 1. The molecule has 160 valence electrons. The van der Waals surface area contributed by atoms with Crippen LogP contribution in [0.3, 0.4) is 0 Å². The van der Waals surface area contributed by atoms with Crippen LogP contribution in [0.4, 0.5) is 23.2 Å². The van der Waals surface area contributed by atoms with Gasteiger partial charge in [0, 0.05) is 26.2 Å². The van der Waals surface area contributed by atoms with Crippen molar-refractivity contribution in [3.05, 3.63) is 63.8 Å². The molecule has 0 aliphatic carbocycles. The third kappa shape index (κ3) is 4.29. The first kappa shape index (κ1) is 21.3. The monoisotopic (exact) mass is 426 g/mol. The molecule has 0 saturated carbocycles. The smallest absolute Gasteiger partial charge is 0.366 e. The molecule has 7 nitrogen and oxygen atoms in total. The molecule has 1 aliphatic rings. The number of piperazine rings is 1. The van der Waals surface area contributed by atoms with Gasteiger partial charge in [-0.3, -0.25) is 19.0 Å². The van der Waals surface area contributed by atoms with Gasteiger partial charge in [-0.05, 0) is 24.3 Å². The van der Waals surface area contributed by atoms with Crippen LogP contribution in [-0.2, 0) is 17.5 Å². The lowest BCUT2D eigenvalue weighted by molar-refractivity contribution is -0.145. The highest BCUT2D eigenvalue weighted by molar-refractivity contribution is 5.92. The summed E-state index contributed by atoms with van der Waals surface area (Å²) in [5.41, 5.74) is 2.13. The summed E-state index contributed by atoms with van der Waals surface area (Å²) in [6.45, 7) is -0.0733. The van der Waals surface area contributed by atoms with Gasteiger partial charge in [0.05, 0.1) is 5.69 Å². The lowest BCUT2D eigenvalue weighted by atomic mass is 10.2. The Hall–Kier alpha value is -3.37.